The van der Waals surface area contributed by atoms with Crippen LogP contribution in [0.3, 0.4) is 0 Å². The summed E-state index contributed by atoms with van der Waals surface area (Å²) >= 11 is 0. The molecule has 0 aromatic heterocycles. The summed E-state index contributed by atoms with van der Waals surface area (Å²) in [5.74, 6) is 1.05. The van der Waals surface area contributed by atoms with Crippen LogP contribution in [0.2, 0.25) is 0 Å². The van der Waals surface area contributed by atoms with Crippen LogP contribution in [0.1, 0.15) is 71.6 Å². The lowest BCUT2D eigenvalue weighted by Gasteiger charge is -2.39. The smallest absolute Gasteiger partial charge is 0.226 e. The number of nitrogens with one attached hydrogen (secondary N) is 2. The van der Waals surface area contributed by atoms with E-state index >= 15 is 0 Å². The van der Waals surface area contributed by atoms with E-state index in [1.54, 1.807) is 0 Å². The predicted molar refractivity (Wildman–Crippen MR) is 83.6 cm³/mol. The Morgan fingerprint density at radius 3 is 2.55 bits per heavy atom. The van der Waals surface area contributed by atoms with Gasteiger partial charge in [0.25, 0.3) is 0 Å². The molecule has 0 spiro atoms. The lowest BCUT2D eigenvalue weighted by atomic mass is 9.73. The molecule has 1 amide bonds. The molecule has 1 aliphatic carbocycles. The first-order valence-corrected chi connectivity index (χ1v) is 8.73. The molecule has 2 unspecified atom stereocenters. The van der Waals surface area contributed by atoms with Gasteiger partial charge >= 0.3 is 0 Å². The molecule has 20 heavy (non-hydrogen) atoms. The monoisotopic (exact) mass is 280 g/mol. The summed E-state index contributed by atoms with van der Waals surface area (Å²) in [6.07, 6.45) is 10.5. The van der Waals surface area contributed by atoms with E-state index < -0.39 is 0 Å². The molecule has 2 aliphatic rings. The van der Waals surface area contributed by atoms with Crippen molar-refractivity contribution in [2.45, 2.75) is 77.7 Å². The number of carbonyl (C=O) groups is 1. The summed E-state index contributed by atoms with van der Waals surface area (Å²) in [7, 11) is 0. The molecule has 2 N–H and O–H groups in total. The Morgan fingerprint density at radius 1 is 1.20 bits per heavy atom. The lowest BCUT2D eigenvalue weighted by Crippen LogP contribution is -2.52. The van der Waals surface area contributed by atoms with E-state index in [1.165, 1.54) is 32.1 Å². The van der Waals surface area contributed by atoms with Crippen LogP contribution in [0.4, 0.5) is 0 Å². The van der Waals surface area contributed by atoms with Gasteiger partial charge in [0, 0.05) is 6.04 Å². The number of carbonyl (C=O) groups excluding carboxylic acids is 1. The van der Waals surface area contributed by atoms with Crippen molar-refractivity contribution in [3.63, 3.8) is 0 Å². The Kier molecular flexibility index (Phi) is 5.88. The van der Waals surface area contributed by atoms with Crippen LogP contribution < -0.4 is 10.6 Å². The minimum absolute atomic E-state index is 0.0876. The first-order chi connectivity index (χ1) is 9.72. The Bertz CT molecular complexity index is 305. The molecule has 1 heterocycles. The topological polar surface area (TPSA) is 41.1 Å². The zero-order chi connectivity index (χ0) is 14.4. The molecule has 1 aliphatic heterocycles. The van der Waals surface area contributed by atoms with Gasteiger partial charge < -0.3 is 10.6 Å². The second-order valence-corrected chi connectivity index (χ2v) is 6.81. The largest absolute Gasteiger partial charge is 0.353 e. The van der Waals surface area contributed by atoms with E-state index in [0.29, 0.717) is 17.9 Å². The minimum atomic E-state index is -0.0876. The minimum Gasteiger partial charge on any atom is -0.353 e. The van der Waals surface area contributed by atoms with Crippen molar-refractivity contribution in [2.75, 3.05) is 13.1 Å². The van der Waals surface area contributed by atoms with Crippen molar-refractivity contribution in [3.05, 3.63) is 0 Å². The number of amides is 1. The SMILES string of the molecule is CCCC1(C(=O)NC2CCCCC2CC)CCNCC1. The van der Waals surface area contributed by atoms with E-state index in [0.717, 1.165) is 38.8 Å². The molecule has 0 aromatic carbocycles. The maximum atomic E-state index is 12.9. The van der Waals surface area contributed by atoms with Gasteiger partial charge in [0.2, 0.25) is 5.91 Å². The normalized spacial score (nSPS) is 29.9. The fourth-order valence-corrected chi connectivity index (χ4v) is 4.18. The highest BCUT2D eigenvalue weighted by atomic mass is 16.2. The van der Waals surface area contributed by atoms with Gasteiger partial charge in [-0.15, -0.1) is 0 Å². The maximum absolute atomic E-state index is 12.9. The maximum Gasteiger partial charge on any atom is 0.226 e. The van der Waals surface area contributed by atoms with Gasteiger partial charge in [-0.2, -0.15) is 0 Å². The summed E-state index contributed by atoms with van der Waals surface area (Å²) in [6, 6.07) is 0.435. The average molecular weight is 280 g/mol. The summed E-state index contributed by atoms with van der Waals surface area (Å²) in [5, 5.41) is 6.84. The van der Waals surface area contributed by atoms with Crippen LogP contribution in [-0.4, -0.2) is 25.0 Å². The molecule has 1 saturated carbocycles. The summed E-state index contributed by atoms with van der Waals surface area (Å²) in [6.45, 7) is 6.46. The van der Waals surface area contributed by atoms with Crippen LogP contribution in [0.15, 0.2) is 0 Å². The summed E-state index contributed by atoms with van der Waals surface area (Å²) in [4.78, 5) is 12.9. The van der Waals surface area contributed by atoms with Gasteiger partial charge in [0.05, 0.1) is 5.41 Å². The van der Waals surface area contributed by atoms with Gasteiger partial charge in [0.15, 0.2) is 0 Å². The first kappa shape index (κ1) is 15.8. The van der Waals surface area contributed by atoms with Gasteiger partial charge in [0.1, 0.15) is 0 Å². The number of hydrogen-bond acceptors (Lipinski definition) is 2. The Labute approximate surface area is 124 Å². The van der Waals surface area contributed by atoms with Crippen molar-refractivity contribution < 1.29 is 4.79 Å². The van der Waals surface area contributed by atoms with Crippen molar-refractivity contribution in [1.29, 1.82) is 0 Å². The molecule has 2 fully saturated rings. The van der Waals surface area contributed by atoms with Crippen LogP contribution >= 0.6 is 0 Å². The van der Waals surface area contributed by atoms with E-state index in [4.69, 9.17) is 0 Å². The molecule has 2 rings (SSSR count). The van der Waals surface area contributed by atoms with Crippen LogP contribution in [0, 0.1) is 11.3 Å². The molecular formula is C17H32N2O. The number of rotatable bonds is 5. The quantitative estimate of drug-likeness (QED) is 0.811. The third-order valence-electron chi connectivity index (χ3n) is 5.52. The number of hydrogen-bond donors (Lipinski definition) is 2. The molecule has 1 saturated heterocycles. The molecule has 3 heteroatoms. The van der Waals surface area contributed by atoms with Gasteiger partial charge in [-0.3, -0.25) is 4.79 Å². The third kappa shape index (κ3) is 3.55. The molecule has 116 valence electrons. The average Bonchev–Trinajstić information content (AvgIpc) is 2.49. The second-order valence-electron chi connectivity index (χ2n) is 6.81. The summed E-state index contributed by atoms with van der Waals surface area (Å²) < 4.78 is 0. The molecular weight excluding hydrogens is 248 g/mol. The third-order valence-corrected chi connectivity index (χ3v) is 5.52. The van der Waals surface area contributed by atoms with Gasteiger partial charge in [-0.1, -0.05) is 39.5 Å². The number of piperidine rings is 1. The van der Waals surface area contributed by atoms with Crippen molar-refractivity contribution in [2.24, 2.45) is 11.3 Å². The highest BCUT2D eigenvalue weighted by Gasteiger charge is 2.40. The van der Waals surface area contributed by atoms with Crippen LogP contribution in [0.25, 0.3) is 0 Å². The van der Waals surface area contributed by atoms with Crippen LogP contribution in [-0.2, 0) is 4.79 Å². The highest BCUT2D eigenvalue weighted by molar-refractivity contribution is 5.83. The standard InChI is InChI=1S/C17H32N2O/c1-3-9-17(10-12-18-13-11-17)16(20)19-15-8-6-5-7-14(15)4-2/h14-15,18H,3-13H2,1-2H3,(H,19,20). The first-order valence-electron chi connectivity index (χ1n) is 8.73. The van der Waals surface area contributed by atoms with E-state index in [2.05, 4.69) is 24.5 Å². The van der Waals surface area contributed by atoms with Crippen LogP contribution in [0.5, 0.6) is 0 Å². The van der Waals surface area contributed by atoms with Gasteiger partial charge in [-0.05, 0) is 51.1 Å². The Balaban J connectivity index is 2.00. The van der Waals surface area contributed by atoms with Gasteiger partial charge in [-0.25, -0.2) is 0 Å². The Morgan fingerprint density at radius 2 is 1.90 bits per heavy atom. The fourth-order valence-electron chi connectivity index (χ4n) is 4.18. The molecule has 0 bridgehead atoms. The zero-order valence-corrected chi connectivity index (χ0v) is 13.3. The fraction of sp³-hybridized carbons (Fsp3) is 0.941. The Hall–Kier alpha value is -0.570. The van der Waals surface area contributed by atoms with Crippen molar-refractivity contribution >= 4 is 5.91 Å². The molecule has 0 radical (unpaired) electrons. The van der Waals surface area contributed by atoms with Crippen molar-refractivity contribution in [1.82, 2.24) is 10.6 Å². The molecule has 2 atom stereocenters. The second kappa shape index (κ2) is 7.44. The highest BCUT2D eigenvalue weighted by Crippen LogP contribution is 2.35. The van der Waals surface area contributed by atoms with E-state index in [9.17, 15) is 4.79 Å². The lowest BCUT2D eigenvalue weighted by molar-refractivity contribution is -0.134. The summed E-state index contributed by atoms with van der Waals surface area (Å²) in [5.41, 5.74) is -0.0876. The van der Waals surface area contributed by atoms with Crippen molar-refractivity contribution in [3.8, 4) is 0 Å². The van der Waals surface area contributed by atoms with E-state index in [1.807, 2.05) is 0 Å². The molecule has 0 aromatic rings. The van der Waals surface area contributed by atoms with E-state index in [-0.39, 0.29) is 5.41 Å². The molecule has 3 nitrogen and oxygen atoms in total. The predicted octanol–water partition coefficient (Wildman–Crippen LogP) is 3.24. The zero-order valence-electron chi connectivity index (χ0n) is 13.3.